The van der Waals surface area contributed by atoms with Gasteiger partial charge in [-0.25, -0.2) is 0 Å². The van der Waals surface area contributed by atoms with E-state index in [0.29, 0.717) is 0 Å². The van der Waals surface area contributed by atoms with Crippen LogP contribution in [-0.2, 0) is 0 Å². The van der Waals surface area contributed by atoms with Gasteiger partial charge in [-0.2, -0.15) is 5.10 Å². The minimum Gasteiger partial charge on any atom is -0.338 e. The summed E-state index contributed by atoms with van der Waals surface area (Å²) in [6.07, 6.45) is 1.70. The second-order valence-corrected chi connectivity index (χ2v) is 4.28. The molecular formula is C5H4I2N4. The molecule has 4 nitrogen and oxygen atoms in total. The van der Waals surface area contributed by atoms with Crippen molar-refractivity contribution < 1.29 is 0 Å². The van der Waals surface area contributed by atoms with E-state index >= 15 is 0 Å². The minimum atomic E-state index is 0.278. The summed E-state index contributed by atoms with van der Waals surface area (Å²) in [6.45, 7) is 0. The molecule has 1 aromatic heterocycles. The van der Waals surface area contributed by atoms with Crippen LogP contribution in [0, 0.1) is 0 Å². The molecule has 0 radical (unpaired) electrons. The molecule has 11 heavy (non-hydrogen) atoms. The standard InChI is InChI=1S/C5H4I2N4/c6-5-9-4-3(11(5)7)1-2-8-10-4/h1-2,5H,(H,9,10). The fraction of sp³-hybridized carbons (Fsp3) is 0.200. The molecule has 2 heterocycles. The van der Waals surface area contributed by atoms with E-state index in [-0.39, 0.29) is 4.17 Å². The van der Waals surface area contributed by atoms with Crippen molar-refractivity contribution in [2.24, 2.45) is 0 Å². The second-order valence-electron chi connectivity index (χ2n) is 2.06. The molecule has 0 saturated heterocycles. The average Bonchev–Trinajstić information content (AvgIpc) is 2.30. The fourth-order valence-electron chi connectivity index (χ4n) is 0.892. The van der Waals surface area contributed by atoms with Gasteiger partial charge >= 0.3 is 0 Å². The van der Waals surface area contributed by atoms with Crippen LogP contribution in [0.1, 0.15) is 0 Å². The zero-order chi connectivity index (χ0) is 7.84. The van der Waals surface area contributed by atoms with Crippen molar-refractivity contribution in [1.82, 2.24) is 10.2 Å². The Bertz CT molecular complexity index is 279. The lowest BCUT2D eigenvalue weighted by atomic mass is 10.5. The van der Waals surface area contributed by atoms with Gasteiger partial charge in [0.2, 0.25) is 0 Å². The van der Waals surface area contributed by atoms with Gasteiger partial charge in [0.25, 0.3) is 0 Å². The number of hydrogen-bond acceptors (Lipinski definition) is 4. The van der Waals surface area contributed by atoms with Crippen LogP contribution in [0.2, 0.25) is 0 Å². The summed E-state index contributed by atoms with van der Waals surface area (Å²) in [4.78, 5) is 0. The van der Waals surface area contributed by atoms with Gasteiger partial charge in [-0.1, -0.05) is 0 Å². The summed E-state index contributed by atoms with van der Waals surface area (Å²) >= 11 is 4.54. The third-order valence-corrected chi connectivity index (χ3v) is 4.40. The molecule has 0 fully saturated rings. The SMILES string of the molecule is IC1Nc2nnccc2N1I. The molecule has 6 heteroatoms. The first-order valence-corrected chi connectivity index (χ1v) is 5.17. The van der Waals surface area contributed by atoms with E-state index in [4.69, 9.17) is 0 Å². The lowest BCUT2D eigenvalue weighted by Crippen LogP contribution is -2.19. The number of aromatic nitrogens is 2. The highest BCUT2D eigenvalue weighted by atomic mass is 127. The first-order valence-electron chi connectivity index (χ1n) is 2.96. The number of nitrogens with one attached hydrogen (secondary N) is 1. The lowest BCUT2D eigenvalue weighted by Gasteiger charge is -2.11. The summed E-state index contributed by atoms with van der Waals surface area (Å²) < 4.78 is 2.36. The molecule has 0 aromatic carbocycles. The summed E-state index contributed by atoms with van der Waals surface area (Å²) in [5.74, 6) is 0.862. The fourth-order valence-corrected chi connectivity index (χ4v) is 2.02. The van der Waals surface area contributed by atoms with Crippen LogP contribution in [0.5, 0.6) is 0 Å². The third-order valence-electron chi connectivity index (χ3n) is 1.38. The van der Waals surface area contributed by atoms with Crippen LogP contribution < -0.4 is 8.43 Å². The van der Waals surface area contributed by atoms with Crippen LogP contribution in [0.15, 0.2) is 12.3 Å². The van der Waals surface area contributed by atoms with Crippen molar-refractivity contribution >= 4 is 57.0 Å². The molecule has 2 rings (SSSR count). The quantitative estimate of drug-likeness (QED) is 0.326. The Balaban J connectivity index is 2.47. The van der Waals surface area contributed by atoms with Gasteiger partial charge in [0.05, 0.1) is 34.7 Å². The Hall–Kier alpha value is 0.140. The molecule has 1 aliphatic rings. The van der Waals surface area contributed by atoms with Crippen molar-refractivity contribution in [2.45, 2.75) is 4.17 Å². The molecule has 0 amide bonds. The second kappa shape index (κ2) is 2.88. The monoisotopic (exact) mass is 374 g/mol. The van der Waals surface area contributed by atoms with Crippen molar-refractivity contribution in [2.75, 3.05) is 8.43 Å². The summed E-state index contributed by atoms with van der Waals surface area (Å²) in [7, 11) is 0. The van der Waals surface area contributed by atoms with E-state index in [9.17, 15) is 0 Å². The van der Waals surface area contributed by atoms with Crippen molar-refractivity contribution in [3.63, 3.8) is 0 Å². The highest BCUT2D eigenvalue weighted by Gasteiger charge is 2.25. The molecule has 1 N–H and O–H groups in total. The lowest BCUT2D eigenvalue weighted by molar-refractivity contribution is 1.04. The zero-order valence-corrected chi connectivity index (χ0v) is 9.64. The Kier molecular flexibility index (Phi) is 2.04. The molecule has 0 bridgehead atoms. The largest absolute Gasteiger partial charge is 0.338 e. The minimum absolute atomic E-state index is 0.278. The molecule has 1 aromatic rings. The Morgan fingerprint density at radius 2 is 2.45 bits per heavy atom. The molecule has 1 unspecified atom stereocenters. The predicted molar refractivity (Wildman–Crippen MR) is 60.0 cm³/mol. The molecule has 0 spiro atoms. The van der Waals surface area contributed by atoms with Gasteiger partial charge in [0.1, 0.15) is 0 Å². The van der Waals surface area contributed by atoms with Gasteiger partial charge in [-0.3, -0.25) is 3.11 Å². The normalized spacial score (nSPS) is 21.3. The van der Waals surface area contributed by atoms with E-state index in [2.05, 4.69) is 64.1 Å². The number of fused-ring (bicyclic) bond motifs is 1. The number of anilines is 2. The number of halogens is 2. The maximum atomic E-state index is 3.95. The van der Waals surface area contributed by atoms with Gasteiger partial charge in [-0.05, 0) is 28.7 Å². The van der Waals surface area contributed by atoms with Gasteiger partial charge in [0, 0.05) is 0 Å². The highest BCUT2D eigenvalue weighted by Crippen LogP contribution is 2.36. The molecule has 0 aliphatic carbocycles. The zero-order valence-electron chi connectivity index (χ0n) is 5.33. The van der Waals surface area contributed by atoms with E-state index in [1.807, 2.05) is 6.07 Å². The van der Waals surface area contributed by atoms with Gasteiger partial charge in [0.15, 0.2) is 9.99 Å². The van der Waals surface area contributed by atoms with Gasteiger partial charge < -0.3 is 5.32 Å². The maximum absolute atomic E-state index is 3.95. The first-order chi connectivity index (χ1) is 5.29. The van der Waals surface area contributed by atoms with Crippen LogP contribution in [0.3, 0.4) is 0 Å². The smallest absolute Gasteiger partial charge is 0.175 e. The van der Waals surface area contributed by atoms with Crippen LogP contribution in [0.4, 0.5) is 11.5 Å². The topological polar surface area (TPSA) is 41.1 Å². The third kappa shape index (κ3) is 1.25. The number of alkyl halides is 1. The predicted octanol–water partition coefficient (Wildman–Crippen LogP) is 1.78. The summed E-state index contributed by atoms with van der Waals surface area (Å²) in [6, 6.07) is 1.94. The van der Waals surface area contributed by atoms with Crippen LogP contribution in [-0.4, -0.2) is 14.4 Å². The van der Waals surface area contributed by atoms with E-state index in [0.717, 1.165) is 11.5 Å². The molecule has 58 valence electrons. The number of nitrogens with zero attached hydrogens (tertiary/aromatic N) is 3. The molecule has 1 atom stereocenters. The first kappa shape index (κ1) is 7.77. The van der Waals surface area contributed by atoms with E-state index in [1.54, 1.807) is 6.20 Å². The maximum Gasteiger partial charge on any atom is 0.175 e. The highest BCUT2D eigenvalue weighted by molar-refractivity contribution is 14.1. The molecule has 0 saturated carbocycles. The van der Waals surface area contributed by atoms with Gasteiger partial charge in [-0.15, -0.1) is 5.10 Å². The summed E-state index contributed by atoms with van der Waals surface area (Å²) in [5, 5.41) is 10.9. The van der Waals surface area contributed by atoms with E-state index < -0.39 is 0 Å². The number of hydrogen-bond donors (Lipinski definition) is 1. The van der Waals surface area contributed by atoms with Crippen molar-refractivity contribution in [1.29, 1.82) is 0 Å². The molecular weight excluding hydrogens is 370 g/mol. The summed E-state index contributed by atoms with van der Waals surface area (Å²) in [5.41, 5.74) is 1.10. The van der Waals surface area contributed by atoms with Crippen LogP contribution in [0.25, 0.3) is 0 Å². The average molecular weight is 374 g/mol. The Morgan fingerprint density at radius 3 is 3.18 bits per heavy atom. The van der Waals surface area contributed by atoms with E-state index in [1.165, 1.54) is 0 Å². The Labute approximate surface area is 91.4 Å². The van der Waals surface area contributed by atoms with Crippen LogP contribution >= 0.6 is 45.5 Å². The molecule has 1 aliphatic heterocycles. The number of rotatable bonds is 0. The van der Waals surface area contributed by atoms with Crippen molar-refractivity contribution in [3.05, 3.63) is 12.3 Å². The Morgan fingerprint density at radius 1 is 1.64 bits per heavy atom. The van der Waals surface area contributed by atoms with Crippen molar-refractivity contribution in [3.8, 4) is 0 Å².